The van der Waals surface area contributed by atoms with E-state index in [2.05, 4.69) is 80.9 Å². The second kappa shape index (κ2) is 16.3. The summed E-state index contributed by atoms with van der Waals surface area (Å²) in [6.07, 6.45) is 4.04. The van der Waals surface area contributed by atoms with E-state index in [1.165, 1.54) is 14.2 Å². The second-order valence-electron chi connectivity index (χ2n) is 16.7. The quantitative estimate of drug-likeness (QED) is 0.111. The highest BCUT2D eigenvalue weighted by molar-refractivity contribution is 6.05. The molecule has 2 aliphatic rings. The number of fused-ring (bicyclic) bond motifs is 3. The second-order valence-corrected chi connectivity index (χ2v) is 16.7. The topological polar surface area (TPSA) is 180 Å². The highest BCUT2D eigenvalue weighted by Crippen LogP contribution is 2.39. The van der Waals surface area contributed by atoms with Crippen molar-refractivity contribution >= 4 is 57.0 Å². The Hall–Kier alpha value is -6.38. The molecule has 0 saturated carbocycles. The molecule has 314 valence electrons. The van der Waals surface area contributed by atoms with Crippen LogP contribution in [0.3, 0.4) is 0 Å². The Balaban J connectivity index is 1.06. The molecule has 2 aliphatic heterocycles. The Bertz CT molecular complexity index is 2610. The van der Waals surface area contributed by atoms with E-state index in [4.69, 9.17) is 19.4 Å². The molecular formula is C45H53N9O6. The van der Waals surface area contributed by atoms with Crippen molar-refractivity contribution in [1.82, 2.24) is 44.9 Å². The Morgan fingerprint density at radius 1 is 0.683 bits per heavy atom. The van der Waals surface area contributed by atoms with Gasteiger partial charge in [0.2, 0.25) is 11.8 Å². The number of nitrogens with one attached hydrogen (secondary N) is 4. The lowest BCUT2D eigenvalue weighted by Crippen LogP contribution is -2.51. The average Bonchev–Trinajstić information content (AvgIpc) is 4.10. The van der Waals surface area contributed by atoms with Crippen molar-refractivity contribution in [1.29, 1.82) is 0 Å². The number of aromatic amines is 2. The maximum absolute atomic E-state index is 13.7. The van der Waals surface area contributed by atoms with Gasteiger partial charge in [-0.1, -0.05) is 52.0 Å². The number of carbonyl (C=O) groups excluding carboxylic acids is 4. The monoisotopic (exact) mass is 815 g/mol. The van der Waals surface area contributed by atoms with E-state index >= 15 is 0 Å². The molecule has 3 aromatic heterocycles. The Morgan fingerprint density at radius 2 is 1.15 bits per heavy atom. The number of imidazole rings is 2. The number of ether oxygens (including phenoxy) is 2. The zero-order valence-corrected chi connectivity index (χ0v) is 35.2. The zero-order valence-electron chi connectivity index (χ0n) is 35.2. The molecule has 6 aromatic rings. The molecule has 0 bridgehead atoms. The lowest BCUT2D eigenvalue weighted by molar-refractivity contribution is -0.136. The summed E-state index contributed by atoms with van der Waals surface area (Å²) in [5.74, 6) is 0.939. The van der Waals surface area contributed by atoms with E-state index in [1.54, 1.807) is 0 Å². The summed E-state index contributed by atoms with van der Waals surface area (Å²) in [6, 6.07) is 17.0. The van der Waals surface area contributed by atoms with Crippen molar-refractivity contribution in [3.63, 3.8) is 0 Å². The number of aromatic nitrogens is 5. The van der Waals surface area contributed by atoms with Crippen LogP contribution in [0.2, 0.25) is 0 Å². The summed E-state index contributed by atoms with van der Waals surface area (Å²) in [5.41, 5.74) is 8.69. The minimum Gasteiger partial charge on any atom is -0.453 e. The molecular weight excluding hydrogens is 763 g/mol. The fourth-order valence-corrected chi connectivity index (χ4v) is 9.00. The number of amides is 4. The summed E-state index contributed by atoms with van der Waals surface area (Å²) in [7, 11) is 4.64. The van der Waals surface area contributed by atoms with Crippen LogP contribution in [0, 0.1) is 11.8 Å². The number of H-pyrrole nitrogens is 2. The number of likely N-dealkylation sites (tertiary alicyclic amines) is 2. The summed E-state index contributed by atoms with van der Waals surface area (Å²) in [6.45, 7) is 8.80. The van der Waals surface area contributed by atoms with Gasteiger partial charge in [-0.05, 0) is 84.5 Å². The number of carbonyl (C=O) groups is 4. The third-order valence-electron chi connectivity index (χ3n) is 12.1. The first-order valence-electron chi connectivity index (χ1n) is 20.7. The van der Waals surface area contributed by atoms with Crippen LogP contribution >= 0.6 is 0 Å². The number of rotatable bonds is 10. The number of hydrogen-bond acceptors (Lipinski definition) is 8. The predicted molar refractivity (Wildman–Crippen MR) is 229 cm³/mol. The van der Waals surface area contributed by atoms with E-state index in [1.807, 2.05) is 49.6 Å². The molecule has 3 aromatic carbocycles. The molecule has 2 fully saturated rings. The maximum Gasteiger partial charge on any atom is 0.407 e. The number of nitrogens with zero attached hydrogens (tertiary/aromatic N) is 5. The van der Waals surface area contributed by atoms with Gasteiger partial charge in [0.1, 0.15) is 23.7 Å². The predicted octanol–water partition coefficient (Wildman–Crippen LogP) is 7.35. The van der Waals surface area contributed by atoms with Gasteiger partial charge in [0, 0.05) is 37.3 Å². The molecule has 15 heteroatoms. The normalized spacial score (nSPS) is 17.9. The standard InChI is InChI=1S/C45H53N9O6/c1-24(2)37(50-44(57)59-6)42(55)53-19-8-10-35(53)40-46-31-16-12-26(22-33(31)48-40)28-14-15-29(39-30(28)18-21-52(39)5)27-13-17-32-34(23-27)49-41(47-32)36-11-9-20-54(36)43(56)38(25(3)4)51-45(58)60-7/h12-18,21-25,35-38H,8-11,19-20H2,1-7H3,(H,46,48)(H,47,49)(H,50,57)(H,51,58)/t35-,36-,37-,38-/m0/s1. The van der Waals surface area contributed by atoms with E-state index in [-0.39, 0.29) is 35.7 Å². The molecule has 4 N–H and O–H groups in total. The molecule has 15 nitrogen and oxygen atoms in total. The first-order valence-corrected chi connectivity index (χ1v) is 20.7. The summed E-state index contributed by atoms with van der Waals surface area (Å²) in [5, 5.41) is 6.54. The minimum absolute atomic E-state index is 0.118. The highest BCUT2D eigenvalue weighted by Gasteiger charge is 2.39. The molecule has 0 aliphatic carbocycles. The van der Waals surface area contributed by atoms with E-state index in [0.717, 1.165) is 92.6 Å². The molecule has 8 rings (SSSR count). The molecule has 5 heterocycles. The fraction of sp³-hybridized carbons (Fsp3) is 0.422. The van der Waals surface area contributed by atoms with Gasteiger partial charge < -0.3 is 44.4 Å². The van der Waals surface area contributed by atoms with Crippen LogP contribution in [0.4, 0.5) is 9.59 Å². The molecule has 4 atom stereocenters. The summed E-state index contributed by atoms with van der Waals surface area (Å²) < 4.78 is 11.7. The molecule has 60 heavy (non-hydrogen) atoms. The number of methoxy groups -OCH3 is 2. The first-order chi connectivity index (χ1) is 28.9. The van der Waals surface area contributed by atoms with Gasteiger partial charge in [-0.15, -0.1) is 0 Å². The van der Waals surface area contributed by atoms with Crippen molar-refractivity contribution in [3.8, 4) is 22.3 Å². The number of benzene rings is 3. The third-order valence-corrected chi connectivity index (χ3v) is 12.1. The van der Waals surface area contributed by atoms with E-state index in [0.29, 0.717) is 13.1 Å². The number of hydrogen-bond donors (Lipinski definition) is 4. The molecule has 4 amide bonds. The Labute approximate surface area is 348 Å². The molecule has 0 spiro atoms. The van der Waals surface area contributed by atoms with Crippen LogP contribution in [0.5, 0.6) is 0 Å². The number of alkyl carbamates (subject to hydrolysis) is 2. The highest BCUT2D eigenvalue weighted by atomic mass is 16.5. The van der Waals surface area contributed by atoms with Gasteiger partial charge in [-0.25, -0.2) is 19.6 Å². The minimum atomic E-state index is -0.703. The number of aryl methyl sites for hydroxylation is 1. The van der Waals surface area contributed by atoms with Crippen LogP contribution < -0.4 is 10.6 Å². The third kappa shape index (κ3) is 7.41. The summed E-state index contributed by atoms with van der Waals surface area (Å²) in [4.78, 5) is 72.2. The Morgan fingerprint density at radius 3 is 1.62 bits per heavy atom. The van der Waals surface area contributed by atoms with Crippen LogP contribution in [0.25, 0.3) is 55.2 Å². The van der Waals surface area contributed by atoms with Gasteiger partial charge in [0.15, 0.2) is 0 Å². The van der Waals surface area contributed by atoms with Gasteiger partial charge in [-0.2, -0.15) is 0 Å². The van der Waals surface area contributed by atoms with Crippen LogP contribution in [-0.2, 0) is 26.1 Å². The van der Waals surface area contributed by atoms with Gasteiger partial charge in [-0.3, -0.25) is 9.59 Å². The fourth-order valence-electron chi connectivity index (χ4n) is 9.00. The van der Waals surface area contributed by atoms with Crippen molar-refractivity contribution in [2.24, 2.45) is 18.9 Å². The van der Waals surface area contributed by atoms with Crippen LogP contribution in [0.1, 0.15) is 77.1 Å². The van der Waals surface area contributed by atoms with E-state index < -0.39 is 24.3 Å². The van der Waals surface area contributed by atoms with Gasteiger partial charge in [0.05, 0.1) is 53.9 Å². The van der Waals surface area contributed by atoms with Crippen LogP contribution in [-0.4, -0.2) is 97.7 Å². The lowest BCUT2D eigenvalue weighted by Gasteiger charge is -2.29. The van der Waals surface area contributed by atoms with Crippen molar-refractivity contribution in [2.75, 3.05) is 27.3 Å². The summed E-state index contributed by atoms with van der Waals surface area (Å²) >= 11 is 0. The van der Waals surface area contributed by atoms with E-state index in [9.17, 15) is 19.2 Å². The first kappa shape index (κ1) is 40.4. The van der Waals surface area contributed by atoms with Crippen molar-refractivity contribution in [2.45, 2.75) is 77.5 Å². The maximum atomic E-state index is 13.7. The molecule has 0 unspecified atom stereocenters. The van der Waals surface area contributed by atoms with Gasteiger partial charge >= 0.3 is 12.2 Å². The zero-order chi connectivity index (χ0) is 42.4. The average molecular weight is 816 g/mol. The largest absolute Gasteiger partial charge is 0.453 e. The Kier molecular flexibility index (Phi) is 11.0. The van der Waals surface area contributed by atoms with Gasteiger partial charge in [0.25, 0.3) is 0 Å². The van der Waals surface area contributed by atoms with Crippen molar-refractivity contribution < 1.29 is 28.7 Å². The van der Waals surface area contributed by atoms with Crippen LogP contribution in [0.15, 0.2) is 60.8 Å². The SMILES string of the molecule is COC(=O)N[C@H](C(=O)N1CCC[C@H]1c1nc2ccc(-c3ccc(-c4ccc5nc([C@@H]6CCCN6C(=O)[C@@H](NC(=O)OC)C(C)C)[nH]c5c4)c4c3ccn4C)cc2[nH]1)C(C)C. The molecule has 2 saturated heterocycles. The lowest BCUT2D eigenvalue weighted by atomic mass is 9.95. The smallest absolute Gasteiger partial charge is 0.407 e. The molecule has 0 radical (unpaired) electrons. The van der Waals surface area contributed by atoms with Crippen molar-refractivity contribution in [3.05, 3.63) is 72.4 Å².